The zero-order chi connectivity index (χ0) is 22.5. The Morgan fingerprint density at radius 3 is 2.57 bits per heavy atom. The Morgan fingerprint density at radius 2 is 1.97 bits per heavy atom. The molecule has 0 saturated heterocycles. The molecule has 0 radical (unpaired) electrons. The molecule has 0 fully saturated rings. The van der Waals surface area contributed by atoms with Crippen LogP contribution in [-0.2, 0) is 21.0 Å². The molecule has 0 aromatic heterocycles. The maximum atomic E-state index is 13.1. The Kier molecular flexibility index (Phi) is 7.32. The molecule has 2 aromatic carbocycles. The fraction of sp³-hybridized carbons (Fsp3) is 0.222. The van der Waals surface area contributed by atoms with Crippen molar-refractivity contribution in [1.82, 2.24) is 5.43 Å². The monoisotopic (exact) mass is 463 g/mol. The summed E-state index contributed by atoms with van der Waals surface area (Å²) in [5, 5.41) is 3.12. The summed E-state index contributed by atoms with van der Waals surface area (Å²) in [7, 11) is -2.60. The highest BCUT2D eigenvalue weighted by Crippen LogP contribution is 2.37. The third kappa shape index (κ3) is 6.36. The summed E-state index contributed by atoms with van der Waals surface area (Å²) in [5.74, 6) is -0.292. The van der Waals surface area contributed by atoms with Crippen molar-refractivity contribution in [3.8, 4) is 5.75 Å². The Hall–Kier alpha value is -2.79. The second-order valence-corrected chi connectivity index (χ2v) is 8.32. The van der Waals surface area contributed by atoms with Crippen molar-refractivity contribution in [2.24, 2.45) is 5.10 Å². The fourth-order valence-corrected chi connectivity index (χ4v) is 3.43. The first-order chi connectivity index (χ1) is 13.9. The van der Waals surface area contributed by atoms with Crippen molar-refractivity contribution in [1.29, 1.82) is 0 Å². The molecule has 0 spiro atoms. The second-order valence-electron chi connectivity index (χ2n) is 6.00. The number of halogens is 4. The lowest BCUT2D eigenvalue weighted by Gasteiger charge is -2.22. The van der Waals surface area contributed by atoms with Crippen LogP contribution in [0.15, 0.2) is 47.6 Å². The van der Waals surface area contributed by atoms with Crippen molar-refractivity contribution < 1.29 is 31.1 Å². The SMILES string of the molecule is COc1cccc(/C=N\NC(=O)CN(c2ccc(Cl)c(C(F)(F)F)c2)S(C)(=O)=O)c1. The van der Waals surface area contributed by atoms with Crippen LogP contribution >= 0.6 is 11.6 Å². The summed E-state index contributed by atoms with van der Waals surface area (Å²) in [6.45, 7) is -0.785. The van der Waals surface area contributed by atoms with Gasteiger partial charge in [-0.2, -0.15) is 18.3 Å². The maximum Gasteiger partial charge on any atom is 0.417 e. The summed E-state index contributed by atoms with van der Waals surface area (Å²) >= 11 is 5.56. The molecule has 0 aliphatic rings. The number of benzene rings is 2. The smallest absolute Gasteiger partial charge is 0.417 e. The standard InChI is InChI=1S/C18H17ClF3N3O4S/c1-29-14-5-3-4-12(8-14)10-23-24-17(26)11-25(30(2,27)28)13-6-7-16(19)15(9-13)18(20,21)22/h3-10H,11H2,1-2H3,(H,24,26)/b23-10-. The molecule has 0 unspecified atom stereocenters. The number of anilines is 1. The van der Waals surface area contributed by atoms with Gasteiger partial charge in [0.2, 0.25) is 10.0 Å². The van der Waals surface area contributed by atoms with Crippen molar-refractivity contribution in [3.05, 3.63) is 58.6 Å². The molecule has 162 valence electrons. The van der Waals surface area contributed by atoms with E-state index in [4.69, 9.17) is 16.3 Å². The van der Waals surface area contributed by atoms with Crippen molar-refractivity contribution in [2.45, 2.75) is 6.18 Å². The van der Waals surface area contributed by atoms with E-state index in [1.165, 1.54) is 13.3 Å². The Bertz CT molecular complexity index is 1060. The molecule has 0 atom stereocenters. The minimum absolute atomic E-state index is 0.360. The molecule has 30 heavy (non-hydrogen) atoms. The van der Waals surface area contributed by atoms with Crippen molar-refractivity contribution >= 4 is 39.4 Å². The third-order valence-electron chi connectivity index (χ3n) is 3.73. The summed E-state index contributed by atoms with van der Waals surface area (Å²) < 4.78 is 68.9. The van der Waals surface area contributed by atoms with Gasteiger partial charge in [0, 0.05) is 0 Å². The molecular weight excluding hydrogens is 447 g/mol. The number of alkyl halides is 3. The van der Waals surface area contributed by atoms with Gasteiger partial charge in [0.1, 0.15) is 12.3 Å². The topological polar surface area (TPSA) is 88.1 Å². The van der Waals surface area contributed by atoms with Crippen LogP contribution in [0.1, 0.15) is 11.1 Å². The number of nitrogens with zero attached hydrogens (tertiary/aromatic N) is 2. The predicted molar refractivity (Wildman–Crippen MR) is 107 cm³/mol. The second kappa shape index (κ2) is 9.35. The Balaban J connectivity index is 2.19. The summed E-state index contributed by atoms with van der Waals surface area (Å²) in [6.07, 6.45) is -2.73. The van der Waals surface area contributed by atoms with Gasteiger partial charge in [-0.25, -0.2) is 13.8 Å². The first-order valence-electron chi connectivity index (χ1n) is 8.22. The molecule has 0 saturated carbocycles. The van der Waals surface area contributed by atoms with E-state index in [9.17, 15) is 26.4 Å². The van der Waals surface area contributed by atoms with Crippen LogP contribution in [0.25, 0.3) is 0 Å². The molecule has 0 aliphatic heterocycles. The molecule has 0 bridgehead atoms. The van der Waals surface area contributed by atoms with Gasteiger partial charge in [-0.1, -0.05) is 23.7 Å². The van der Waals surface area contributed by atoms with Crippen molar-refractivity contribution in [2.75, 3.05) is 24.2 Å². The van der Waals surface area contributed by atoms with E-state index in [1.807, 2.05) is 0 Å². The summed E-state index contributed by atoms with van der Waals surface area (Å²) in [5.41, 5.74) is 1.16. The van der Waals surface area contributed by atoms with Crippen LogP contribution in [0, 0.1) is 0 Å². The number of carbonyl (C=O) groups is 1. The molecule has 1 amide bonds. The number of amides is 1. The third-order valence-corrected chi connectivity index (χ3v) is 5.20. The molecule has 0 heterocycles. The molecule has 12 heteroatoms. The highest BCUT2D eigenvalue weighted by Gasteiger charge is 2.34. The highest BCUT2D eigenvalue weighted by molar-refractivity contribution is 7.92. The molecule has 2 rings (SSSR count). The first-order valence-corrected chi connectivity index (χ1v) is 10.4. The number of hydrazone groups is 1. The lowest BCUT2D eigenvalue weighted by molar-refractivity contribution is -0.137. The van der Waals surface area contributed by atoms with Crippen LogP contribution in [0.5, 0.6) is 5.75 Å². The number of sulfonamides is 1. The molecule has 0 aliphatic carbocycles. The van der Waals surface area contributed by atoms with Crippen LogP contribution in [0.2, 0.25) is 5.02 Å². The lowest BCUT2D eigenvalue weighted by atomic mass is 10.2. The van der Waals surface area contributed by atoms with E-state index >= 15 is 0 Å². The van der Waals surface area contributed by atoms with Gasteiger partial charge >= 0.3 is 6.18 Å². The first kappa shape index (κ1) is 23.5. The molecule has 1 N–H and O–H groups in total. The number of ether oxygens (including phenoxy) is 1. The zero-order valence-corrected chi connectivity index (χ0v) is 17.3. The molecular formula is C18H17ClF3N3O4S. The number of methoxy groups -OCH3 is 1. The normalized spacial score (nSPS) is 12.1. The fourth-order valence-electron chi connectivity index (χ4n) is 2.35. The Morgan fingerprint density at radius 1 is 1.27 bits per heavy atom. The predicted octanol–water partition coefficient (Wildman–Crippen LogP) is 3.28. The summed E-state index contributed by atoms with van der Waals surface area (Å²) in [4.78, 5) is 12.1. The van der Waals surface area contributed by atoms with Crippen LogP contribution in [-0.4, -0.2) is 40.4 Å². The average Bonchev–Trinajstić information content (AvgIpc) is 2.65. The van der Waals surface area contributed by atoms with Crippen LogP contribution < -0.4 is 14.5 Å². The van der Waals surface area contributed by atoms with Crippen LogP contribution in [0.4, 0.5) is 18.9 Å². The van der Waals surface area contributed by atoms with E-state index < -0.39 is 39.2 Å². The lowest BCUT2D eigenvalue weighted by Crippen LogP contribution is -2.39. The van der Waals surface area contributed by atoms with E-state index in [0.717, 1.165) is 18.4 Å². The highest BCUT2D eigenvalue weighted by atomic mass is 35.5. The van der Waals surface area contributed by atoms with E-state index in [1.54, 1.807) is 24.3 Å². The minimum Gasteiger partial charge on any atom is -0.497 e. The van der Waals surface area contributed by atoms with Gasteiger partial charge in [0.15, 0.2) is 0 Å². The van der Waals surface area contributed by atoms with Gasteiger partial charge < -0.3 is 4.74 Å². The maximum absolute atomic E-state index is 13.1. The van der Waals surface area contributed by atoms with Crippen molar-refractivity contribution in [3.63, 3.8) is 0 Å². The van der Waals surface area contributed by atoms with E-state index in [-0.39, 0.29) is 5.69 Å². The quantitative estimate of drug-likeness (QED) is 0.504. The van der Waals surface area contributed by atoms with E-state index in [0.29, 0.717) is 21.7 Å². The largest absolute Gasteiger partial charge is 0.497 e. The number of hydrogen-bond donors (Lipinski definition) is 1. The number of carbonyl (C=O) groups excluding carboxylic acids is 1. The number of nitrogens with one attached hydrogen (secondary N) is 1. The number of hydrogen-bond acceptors (Lipinski definition) is 5. The van der Waals surface area contributed by atoms with Gasteiger partial charge in [0.05, 0.1) is 35.9 Å². The van der Waals surface area contributed by atoms with Gasteiger partial charge in [-0.3, -0.25) is 9.10 Å². The Labute approximate surface area is 176 Å². The molecule has 2 aromatic rings. The average molecular weight is 464 g/mol. The minimum atomic E-state index is -4.79. The van der Waals surface area contributed by atoms with Gasteiger partial charge in [-0.15, -0.1) is 0 Å². The van der Waals surface area contributed by atoms with Crippen LogP contribution in [0.3, 0.4) is 0 Å². The zero-order valence-electron chi connectivity index (χ0n) is 15.8. The molecule has 7 nitrogen and oxygen atoms in total. The van der Waals surface area contributed by atoms with Gasteiger partial charge in [-0.05, 0) is 35.9 Å². The van der Waals surface area contributed by atoms with E-state index in [2.05, 4.69) is 10.5 Å². The summed E-state index contributed by atoms with van der Waals surface area (Å²) in [6, 6.07) is 9.30. The van der Waals surface area contributed by atoms with Gasteiger partial charge in [0.25, 0.3) is 5.91 Å². The number of rotatable bonds is 7.